The van der Waals surface area contributed by atoms with E-state index in [0.29, 0.717) is 5.54 Å². The molecule has 0 aromatic rings. The normalized spacial score (nSPS) is 39.7. The molecule has 3 unspecified atom stereocenters. The van der Waals surface area contributed by atoms with Gasteiger partial charge in [-0.05, 0) is 37.6 Å². The average molecular weight is 238 g/mol. The Morgan fingerprint density at radius 2 is 2.00 bits per heavy atom. The molecule has 2 rings (SSSR count). The molecule has 3 atom stereocenters. The summed E-state index contributed by atoms with van der Waals surface area (Å²) in [5.74, 6) is 1.77. The van der Waals surface area contributed by atoms with E-state index in [1.165, 1.54) is 58.0 Å². The van der Waals surface area contributed by atoms with Gasteiger partial charge < -0.3 is 5.73 Å². The summed E-state index contributed by atoms with van der Waals surface area (Å²) in [5, 5.41) is 0. The number of likely N-dealkylation sites (tertiary alicyclic amines) is 1. The topological polar surface area (TPSA) is 29.3 Å². The molecule has 0 spiro atoms. The van der Waals surface area contributed by atoms with Crippen molar-refractivity contribution in [3.8, 4) is 0 Å². The first-order valence-corrected chi connectivity index (χ1v) is 7.72. The Bertz CT molecular complexity index is 241. The third-order valence-corrected chi connectivity index (χ3v) is 5.51. The Kier molecular flexibility index (Phi) is 4.48. The molecule has 0 aromatic heterocycles. The predicted octanol–water partition coefficient (Wildman–Crippen LogP) is 3.02. The fourth-order valence-electron chi connectivity index (χ4n) is 4.26. The van der Waals surface area contributed by atoms with E-state index in [4.69, 9.17) is 5.73 Å². The Morgan fingerprint density at radius 3 is 2.59 bits per heavy atom. The van der Waals surface area contributed by atoms with Crippen LogP contribution in [0.2, 0.25) is 0 Å². The fraction of sp³-hybridized carbons (Fsp3) is 1.00. The summed E-state index contributed by atoms with van der Waals surface area (Å²) in [7, 11) is 0. The zero-order valence-corrected chi connectivity index (χ0v) is 11.8. The van der Waals surface area contributed by atoms with Gasteiger partial charge in [0.25, 0.3) is 0 Å². The molecule has 2 aliphatic rings. The molecule has 2 fully saturated rings. The quantitative estimate of drug-likeness (QED) is 0.816. The largest absolute Gasteiger partial charge is 0.329 e. The Hall–Kier alpha value is -0.0800. The van der Waals surface area contributed by atoms with Gasteiger partial charge in [-0.1, -0.05) is 39.5 Å². The molecule has 100 valence electrons. The van der Waals surface area contributed by atoms with Gasteiger partial charge in [0.1, 0.15) is 0 Å². The van der Waals surface area contributed by atoms with E-state index < -0.39 is 0 Å². The van der Waals surface area contributed by atoms with Crippen LogP contribution in [-0.2, 0) is 0 Å². The fourth-order valence-corrected chi connectivity index (χ4v) is 4.26. The van der Waals surface area contributed by atoms with Crippen LogP contribution in [0.3, 0.4) is 0 Å². The highest BCUT2D eigenvalue weighted by molar-refractivity contribution is 5.01. The van der Waals surface area contributed by atoms with Crippen LogP contribution in [-0.4, -0.2) is 30.1 Å². The first-order valence-electron chi connectivity index (χ1n) is 7.72. The summed E-state index contributed by atoms with van der Waals surface area (Å²) in [6.45, 7) is 8.17. The van der Waals surface area contributed by atoms with Gasteiger partial charge in [-0.3, -0.25) is 4.90 Å². The minimum absolute atomic E-state index is 0.358. The molecular formula is C15H30N2. The molecule has 2 heteroatoms. The monoisotopic (exact) mass is 238 g/mol. The standard InChI is InChI=1S/C15H30N2/c1-3-13-8-10-17(11-13)15(12-16)9-6-5-7-14(15)4-2/h13-14H,3-12,16H2,1-2H3. The van der Waals surface area contributed by atoms with E-state index in [2.05, 4.69) is 18.7 Å². The SMILES string of the molecule is CCC1CCN(C2(CN)CCCCC2CC)C1. The van der Waals surface area contributed by atoms with Gasteiger partial charge in [0, 0.05) is 18.6 Å². The molecule has 2 N–H and O–H groups in total. The van der Waals surface area contributed by atoms with E-state index in [-0.39, 0.29) is 0 Å². The summed E-state index contributed by atoms with van der Waals surface area (Å²) >= 11 is 0. The van der Waals surface area contributed by atoms with Crippen LogP contribution >= 0.6 is 0 Å². The van der Waals surface area contributed by atoms with Crippen molar-refractivity contribution < 1.29 is 0 Å². The van der Waals surface area contributed by atoms with Crippen LogP contribution in [0, 0.1) is 11.8 Å². The van der Waals surface area contributed by atoms with Crippen LogP contribution in [0.15, 0.2) is 0 Å². The maximum Gasteiger partial charge on any atom is 0.0359 e. The van der Waals surface area contributed by atoms with E-state index in [0.717, 1.165) is 18.4 Å². The molecule has 0 bridgehead atoms. The van der Waals surface area contributed by atoms with Gasteiger partial charge in [-0.2, -0.15) is 0 Å². The smallest absolute Gasteiger partial charge is 0.0359 e. The number of rotatable bonds is 4. The van der Waals surface area contributed by atoms with Crippen molar-refractivity contribution in [2.24, 2.45) is 17.6 Å². The Labute approximate surface area is 107 Å². The highest BCUT2D eigenvalue weighted by Crippen LogP contribution is 2.42. The first kappa shape index (κ1) is 13.4. The van der Waals surface area contributed by atoms with Gasteiger partial charge in [-0.25, -0.2) is 0 Å². The van der Waals surface area contributed by atoms with Crippen molar-refractivity contribution in [1.29, 1.82) is 0 Å². The third-order valence-electron chi connectivity index (χ3n) is 5.51. The van der Waals surface area contributed by atoms with Crippen molar-refractivity contribution in [2.45, 2.75) is 64.3 Å². The van der Waals surface area contributed by atoms with Crippen molar-refractivity contribution in [3.63, 3.8) is 0 Å². The van der Waals surface area contributed by atoms with Crippen LogP contribution in [0.4, 0.5) is 0 Å². The molecule has 0 radical (unpaired) electrons. The minimum atomic E-state index is 0.358. The molecule has 0 aromatic carbocycles. The second-order valence-electron chi connectivity index (χ2n) is 6.17. The van der Waals surface area contributed by atoms with Crippen LogP contribution in [0.1, 0.15) is 58.8 Å². The van der Waals surface area contributed by atoms with Gasteiger partial charge in [0.2, 0.25) is 0 Å². The summed E-state index contributed by atoms with van der Waals surface area (Å²) in [4.78, 5) is 2.77. The Balaban J connectivity index is 2.11. The Morgan fingerprint density at radius 1 is 1.18 bits per heavy atom. The second-order valence-corrected chi connectivity index (χ2v) is 6.17. The lowest BCUT2D eigenvalue weighted by molar-refractivity contribution is 0.0187. The van der Waals surface area contributed by atoms with E-state index in [9.17, 15) is 0 Å². The molecule has 2 nitrogen and oxygen atoms in total. The molecule has 1 saturated heterocycles. The summed E-state index contributed by atoms with van der Waals surface area (Å²) in [6, 6.07) is 0. The van der Waals surface area contributed by atoms with Crippen molar-refractivity contribution in [1.82, 2.24) is 4.90 Å². The second kappa shape index (κ2) is 5.71. The number of nitrogens with two attached hydrogens (primary N) is 1. The van der Waals surface area contributed by atoms with Gasteiger partial charge in [-0.15, -0.1) is 0 Å². The first-order chi connectivity index (χ1) is 8.26. The zero-order chi connectivity index (χ0) is 12.3. The lowest BCUT2D eigenvalue weighted by atomic mass is 9.70. The molecule has 1 aliphatic heterocycles. The highest BCUT2D eigenvalue weighted by atomic mass is 15.2. The molecule has 17 heavy (non-hydrogen) atoms. The summed E-state index contributed by atoms with van der Waals surface area (Å²) in [6.07, 6.45) is 9.61. The number of nitrogens with zero attached hydrogens (tertiary/aromatic N) is 1. The summed E-state index contributed by atoms with van der Waals surface area (Å²) in [5.41, 5.74) is 6.59. The van der Waals surface area contributed by atoms with Gasteiger partial charge in [0.05, 0.1) is 0 Å². The van der Waals surface area contributed by atoms with Crippen molar-refractivity contribution in [3.05, 3.63) is 0 Å². The van der Waals surface area contributed by atoms with E-state index in [1.807, 2.05) is 0 Å². The lowest BCUT2D eigenvalue weighted by Crippen LogP contribution is -2.59. The number of hydrogen-bond donors (Lipinski definition) is 1. The molecule has 0 amide bonds. The van der Waals surface area contributed by atoms with E-state index in [1.54, 1.807) is 0 Å². The summed E-state index contributed by atoms with van der Waals surface area (Å²) < 4.78 is 0. The highest BCUT2D eigenvalue weighted by Gasteiger charge is 2.45. The minimum Gasteiger partial charge on any atom is -0.329 e. The average Bonchev–Trinajstić information content (AvgIpc) is 2.87. The predicted molar refractivity (Wildman–Crippen MR) is 74.0 cm³/mol. The van der Waals surface area contributed by atoms with E-state index >= 15 is 0 Å². The zero-order valence-electron chi connectivity index (χ0n) is 11.8. The molecular weight excluding hydrogens is 208 g/mol. The van der Waals surface area contributed by atoms with Gasteiger partial charge in [0.15, 0.2) is 0 Å². The lowest BCUT2D eigenvalue weighted by Gasteiger charge is -2.50. The van der Waals surface area contributed by atoms with Gasteiger partial charge >= 0.3 is 0 Å². The van der Waals surface area contributed by atoms with Crippen LogP contribution < -0.4 is 5.73 Å². The number of hydrogen-bond acceptors (Lipinski definition) is 2. The molecule has 1 heterocycles. The molecule has 1 aliphatic carbocycles. The van der Waals surface area contributed by atoms with Crippen LogP contribution in [0.5, 0.6) is 0 Å². The van der Waals surface area contributed by atoms with Crippen LogP contribution in [0.25, 0.3) is 0 Å². The third kappa shape index (κ3) is 2.39. The van der Waals surface area contributed by atoms with Crippen molar-refractivity contribution >= 4 is 0 Å². The molecule has 1 saturated carbocycles. The maximum absolute atomic E-state index is 6.23. The van der Waals surface area contributed by atoms with Crippen molar-refractivity contribution in [2.75, 3.05) is 19.6 Å². The maximum atomic E-state index is 6.23.